The monoisotopic (exact) mass is 188 g/mol. The summed E-state index contributed by atoms with van der Waals surface area (Å²) in [6, 6.07) is 0. The Balaban J connectivity index is 2.91. The van der Waals surface area contributed by atoms with E-state index in [0.717, 1.165) is 7.05 Å². The van der Waals surface area contributed by atoms with Crippen molar-refractivity contribution >= 4 is 11.9 Å². The van der Waals surface area contributed by atoms with Gasteiger partial charge in [-0.3, -0.25) is 0 Å². The maximum Gasteiger partial charge on any atom is 0.493 e. The minimum Gasteiger partial charge on any atom is -0.390 e. The first-order valence-electron chi connectivity index (χ1n) is 2.97. The highest BCUT2D eigenvalue weighted by Gasteiger charge is 2.23. The van der Waals surface area contributed by atoms with E-state index in [4.69, 9.17) is 0 Å². The van der Waals surface area contributed by atoms with Crippen molar-refractivity contribution in [1.29, 1.82) is 0 Å². The van der Waals surface area contributed by atoms with Gasteiger partial charge in [-0.2, -0.15) is 5.10 Å². The van der Waals surface area contributed by atoms with Crippen molar-refractivity contribution in [3.63, 3.8) is 0 Å². The Bertz CT molecular complexity index is 345. The van der Waals surface area contributed by atoms with E-state index in [1.54, 1.807) is 0 Å². The van der Waals surface area contributed by atoms with Crippen LogP contribution in [0, 0.1) is 20.2 Å². The molecule has 0 fully saturated rings. The molecular formula is C3H4N6O4. The minimum absolute atomic E-state index is 0.295. The first kappa shape index (κ1) is 8.83. The standard InChI is InChI=1S/C3H4N6O4/c1-7(9(12)13)2-4-3(6-5-2)8(10)11/h1H3,(H,4,5,6). The lowest BCUT2D eigenvalue weighted by molar-refractivity contribution is -0.491. The zero-order chi connectivity index (χ0) is 10.0. The molecule has 0 unspecified atom stereocenters. The summed E-state index contributed by atoms with van der Waals surface area (Å²) >= 11 is 0. The van der Waals surface area contributed by atoms with E-state index in [1.165, 1.54) is 0 Å². The van der Waals surface area contributed by atoms with Gasteiger partial charge in [0.05, 0.1) is 7.05 Å². The average molecular weight is 188 g/mol. The minimum atomic E-state index is -0.853. The Labute approximate surface area is 70.4 Å². The molecule has 1 heterocycles. The van der Waals surface area contributed by atoms with Gasteiger partial charge in [0.2, 0.25) is 0 Å². The van der Waals surface area contributed by atoms with Gasteiger partial charge in [0, 0.05) is 5.10 Å². The van der Waals surface area contributed by atoms with E-state index >= 15 is 0 Å². The molecule has 1 rings (SSSR count). The molecule has 0 spiro atoms. The van der Waals surface area contributed by atoms with E-state index in [0.29, 0.717) is 5.01 Å². The van der Waals surface area contributed by atoms with Crippen molar-refractivity contribution in [2.75, 3.05) is 12.1 Å². The van der Waals surface area contributed by atoms with Crippen molar-refractivity contribution < 1.29 is 9.96 Å². The summed E-state index contributed by atoms with van der Waals surface area (Å²) in [5.74, 6) is -1.000. The first-order valence-corrected chi connectivity index (χ1v) is 2.97. The van der Waals surface area contributed by atoms with Gasteiger partial charge in [0.15, 0.2) is 5.03 Å². The Kier molecular flexibility index (Phi) is 2.04. The highest BCUT2D eigenvalue weighted by atomic mass is 16.7. The van der Waals surface area contributed by atoms with Crippen molar-refractivity contribution in [3.05, 3.63) is 20.2 Å². The lowest BCUT2D eigenvalue weighted by atomic mass is 10.9. The molecule has 0 aromatic carbocycles. The lowest BCUT2D eigenvalue weighted by Gasteiger charge is -1.97. The van der Waals surface area contributed by atoms with Crippen LogP contribution in [0.15, 0.2) is 0 Å². The van der Waals surface area contributed by atoms with E-state index in [2.05, 4.69) is 10.1 Å². The predicted octanol–water partition coefficient (Wildman–Crippen LogP) is -0.659. The molecule has 1 aromatic heterocycles. The number of aromatic nitrogens is 3. The SMILES string of the molecule is CN(c1nc([N+](=O)[O-])n[nH]1)[N+](=O)[O-]. The van der Waals surface area contributed by atoms with Crippen LogP contribution >= 0.6 is 0 Å². The molecule has 0 saturated carbocycles. The fourth-order valence-electron chi connectivity index (χ4n) is 0.548. The number of hydrazine groups is 1. The first-order chi connectivity index (χ1) is 6.02. The van der Waals surface area contributed by atoms with Gasteiger partial charge in [0.1, 0.15) is 0 Å². The maximum absolute atomic E-state index is 10.2. The second-order valence-corrected chi connectivity index (χ2v) is 1.98. The molecule has 0 aliphatic rings. The van der Waals surface area contributed by atoms with E-state index in [-0.39, 0.29) is 5.95 Å². The summed E-state index contributed by atoms with van der Waals surface area (Å²) in [4.78, 5) is 22.6. The lowest BCUT2D eigenvalue weighted by Crippen LogP contribution is -2.25. The van der Waals surface area contributed by atoms with Crippen LogP contribution in [0.25, 0.3) is 0 Å². The molecule has 10 nitrogen and oxygen atoms in total. The fourth-order valence-corrected chi connectivity index (χ4v) is 0.548. The maximum atomic E-state index is 10.2. The van der Waals surface area contributed by atoms with Crippen LogP contribution in [0.1, 0.15) is 0 Å². The molecule has 0 aliphatic carbocycles. The summed E-state index contributed by atoms with van der Waals surface area (Å²) in [6.07, 6.45) is 0. The van der Waals surface area contributed by atoms with Crippen molar-refractivity contribution in [2.24, 2.45) is 0 Å². The number of nitro groups is 2. The molecular weight excluding hydrogens is 184 g/mol. The smallest absolute Gasteiger partial charge is 0.390 e. The van der Waals surface area contributed by atoms with Crippen LogP contribution in [0.3, 0.4) is 0 Å². The normalized spacial score (nSPS) is 9.62. The third-order valence-corrected chi connectivity index (χ3v) is 1.18. The topological polar surface area (TPSA) is 131 Å². The molecule has 0 saturated heterocycles. The number of H-pyrrole nitrogens is 1. The Morgan fingerprint density at radius 3 is 2.46 bits per heavy atom. The van der Waals surface area contributed by atoms with Crippen LogP contribution in [0.4, 0.5) is 11.9 Å². The molecule has 13 heavy (non-hydrogen) atoms. The number of nitrogens with one attached hydrogen (secondary N) is 1. The van der Waals surface area contributed by atoms with Crippen molar-refractivity contribution in [3.8, 4) is 0 Å². The molecule has 0 bridgehead atoms. The van der Waals surface area contributed by atoms with E-state index in [9.17, 15) is 20.2 Å². The Morgan fingerprint density at radius 2 is 2.08 bits per heavy atom. The highest BCUT2D eigenvalue weighted by molar-refractivity contribution is 5.25. The second kappa shape index (κ2) is 3.00. The fraction of sp³-hybridized carbons (Fsp3) is 0.333. The van der Waals surface area contributed by atoms with Crippen LogP contribution < -0.4 is 5.01 Å². The van der Waals surface area contributed by atoms with Crippen LogP contribution in [-0.4, -0.2) is 32.2 Å². The molecule has 1 N–H and O–H groups in total. The predicted molar refractivity (Wildman–Crippen MR) is 38.4 cm³/mol. The van der Waals surface area contributed by atoms with Gasteiger partial charge in [-0.1, -0.05) is 0 Å². The Hall–Kier alpha value is -2.26. The van der Waals surface area contributed by atoms with Gasteiger partial charge < -0.3 is 10.1 Å². The number of aromatic amines is 1. The van der Waals surface area contributed by atoms with E-state index in [1.807, 2.05) is 5.10 Å². The number of hydrogen-bond acceptors (Lipinski definition) is 6. The molecule has 0 amide bonds. The number of nitrogens with zero attached hydrogens (tertiary/aromatic N) is 5. The number of anilines is 1. The van der Waals surface area contributed by atoms with Crippen LogP contribution in [-0.2, 0) is 0 Å². The molecule has 10 heteroatoms. The third kappa shape index (κ3) is 1.66. The van der Waals surface area contributed by atoms with Gasteiger partial charge in [-0.15, -0.1) is 0 Å². The van der Waals surface area contributed by atoms with E-state index < -0.39 is 15.9 Å². The average Bonchev–Trinajstić information content (AvgIpc) is 2.50. The highest BCUT2D eigenvalue weighted by Crippen LogP contribution is 2.08. The van der Waals surface area contributed by atoms with Crippen LogP contribution in [0.5, 0.6) is 0 Å². The summed E-state index contributed by atoms with van der Waals surface area (Å²) in [5, 5.41) is 25.1. The number of rotatable bonds is 3. The van der Waals surface area contributed by atoms with Gasteiger partial charge in [0.25, 0.3) is 0 Å². The third-order valence-electron chi connectivity index (χ3n) is 1.18. The quantitative estimate of drug-likeness (QED) is 0.491. The zero-order valence-electron chi connectivity index (χ0n) is 6.37. The van der Waals surface area contributed by atoms with Crippen molar-refractivity contribution in [1.82, 2.24) is 15.2 Å². The molecule has 1 aromatic rings. The Morgan fingerprint density at radius 1 is 1.46 bits per heavy atom. The number of hydrogen-bond donors (Lipinski definition) is 1. The second-order valence-electron chi connectivity index (χ2n) is 1.98. The van der Waals surface area contributed by atoms with Gasteiger partial charge in [-0.05, 0) is 14.9 Å². The molecule has 70 valence electrons. The van der Waals surface area contributed by atoms with Gasteiger partial charge >= 0.3 is 11.9 Å². The summed E-state index contributed by atoms with van der Waals surface area (Å²) in [5.41, 5.74) is 0. The van der Waals surface area contributed by atoms with Gasteiger partial charge in [-0.25, -0.2) is 10.1 Å². The van der Waals surface area contributed by atoms with Crippen LogP contribution in [0.2, 0.25) is 0 Å². The summed E-state index contributed by atoms with van der Waals surface area (Å²) in [7, 11) is 1.09. The van der Waals surface area contributed by atoms with Crippen molar-refractivity contribution in [2.45, 2.75) is 0 Å². The summed E-state index contributed by atoms with van der Waals surface area (Å²) < 4.78 is 0. The molecule has 0 radical (unpaired) electrons. The molecule has 0 atom stereocenters. The zero-order valence-corrected chi connectivity index (χ0v) is 6.37. The molecule has 0 aliphatic heterocycles. The summed E-state index contributed by atoms with van der Waals surface area (Å²) in [6.45, 7) is 0. The largest absolute Gasteiger partial charge is 0.493 e.